The minimum atomic E-state index is 0.629. The maximum Gasteiger partial charge on any atom is 0.136 e. The van der Waals surface area contributed by atoms with Crippen molar-refractivity contribution in [3.8, 4) is 5.75 Å². The van der Waals surface area contributed by atoms with E-state index >= 15 is 0 Å². The SMILES string of the molecule is COc1ccccc1CNc1cc(Nc2ccccc2C)nc(C)n1. The molecule has 0 spiro atoms. The Labute approximate surface area is 148 Å². The number of methoxy groups -OCH3 is 1. The number of hydrogen-bond donors (Lipinski definition) is 2. The van der Waals surface area contributed by atoms with Gasteiger partial charge in [-0.05, 0) is 31.5 Å². The highest BCUT2D eigenvalue weighted by Gasteiger charge is 2.06. The summed E-state index contributed by atoms with van der Waals surface area (Å²) in [5, 5.41) is 6.70. The number of hydrogen-bond acceptors (Lipinski definition) is 5. The van der Waals surface area contributed by atoms with Crippen molar-refractivity contribution in [2.45, 2.75) is 20.4 Å². The number of rotatable bonds is 6. The lowest BCUT2D eigenvalue weighted by Crippen LogP contribution is -2.06. The highest BCUT2D eigenvalue weighted by molar-refractivity contribution is 5.62. The lowest BCUT2D eigenvalue weighted by molar-refractivity contribution is 0.410. The molecule has 1 aromatic heterocycles. The molecule has 3 rings (SSSR count). The van der Waals surface area contributed by atoms with Crippen LogP contribution in [0.15, 0.2) is 54.6 Å². The Bertz CT molecular complexity index is 864. The van der Waals surface area contributed by atoms with Gasteiger partial charge < -0.3 is 15.4 Å². The summed E-state index contributed by atoms with van der Waals surface area (Å²) in [6.45, 7) is 4.58. The predicted octanol–water partition coefficient (Wildman–Crippen LogP) is 4.46. The third-order valence-corrected chi connectivity index (χ3v) is 3.90. The van der Waals surface area contributed by atoms with Crippen LogP contribution in [0.3, 0.4) is 0 Å². The van der Waals surface area contributed by atoms with E-state index in [4.69, 9.17) is 4.74 Å². The molecule has 0 unspecified atom stereocenters. The van der Waals surface area contributed by atoms with E-state index < -0.39 is 0 Å². The van der Waals surface area contributed by atoms with Gasteiger partial charge in [-0.2, -0.15) is 0 Å². The van der Waals surface area contributed by atoms with Crippen molar-refractivity contribution in [1.82, 2.24) is 9.97 Å². The Hall–Kier alpha value is -3.08. The van der Waals surface area contributed by atoms with Crippen LogP contribution < -0.4 is 15.4 Å². The Balaban J connectivity index is 1.76. The van der Waals surface area contributed by atoms with Gasteiger partial charge in [0.25, 0.3) is 0 Å². The van der Waals surface area contributed by atoms with Crippen molar-refractivity contribution < 1.29 is 4.74 Å². The monoisotopic (exact) mass is 334 g/mol. The zero-order chi connectivity index (χ0) is 17.6. The molecule has 0 amide bonds. The number of ether oxygens (including phenoxy) is 1. The van der Waals surface area contributed by atoms with Crippen LogP contribution >= 0.6 is 0 Å². The van der Waals surface area contributed by atoms with Gasteiger partial charge in [0.05, 0.1) is 7.11 Å². The van der Waals surface area contributed by atoms with Gasteiger partial charge in [-0.1, -0.05) is 36.4 Å². The Morgan fingerprint density at radius 1 is 0.920 bits per heavy atom. The normalized spacial score (nSPS) is 10.4. The first kappa shape index (κ1) is 16.8. The first-order valence-electron chi connectivity index (χ1n) is 8.20. The molecule has 128 valence electrons. The summed E-state index contributed by atoms with van der Waals surface area (Å²) >= 11 is 0. The van der Waals surface area contributed by atoms with E-state index in [0.717, 1.165) is 28.6 Å². The zero-order valence-electron chi connectivity index (χ0n) is 14.7. The van der Waals surface area contributed by atoms with Crippen molar-refractivity contribution in [2.24, 2.45) is 0 Å². The van der Waals surface area contributed by atoms with Gasteiger partial charge in [0.1, 0.15) is 23.2 Å². The van der Waals surface area contributed by atoms with Crippen LogP contribution in [0.5, 0.6) is 5.75 Å². The molecule has 0 atom stereocenters. The largest absolute Gasteiger partial charge is 0.496 e. The summed E-state index contributed by atoms with van der Waals surface area (Å²) in [6, 6.07) is 18.0. The molecule has 0 saturated carbocycles. The van der Waals surface area contributed by atoms with Crippen LogP contribution in [0, 0.1) is 13.8 Å². The van der Waals surface area contributed by atoms with Crippen molar-refractivity contribution in [1.29, 1.82) is 0 Å². The van der Waals surface area contributed by atoms with Gasteiger partial charge in [0.15, 0.2) is 0 Å². The average Bonchev–Trinajstić information content (AvgIpc) is 2.62. The fourth-order valence-electron chi connectivity index (χ4n) is 2.61. The second kappa shape index (κ2) is 7.66. The first-order chi connectivity index (χ1) is 12.2. The molecule has 1 heterocycles. The molecular weight excluding hydrogens is 312 g/mol. The molecule has 2 aromatic carbocycles. The summed E-state index contributed by atoms with van der Waals surface area (Å²) in [7, 11) is 1.68. The van der Waals surface area contributed by atoms with Gasteiger partial charge in [0.2, 0.25) is 0 Å². The van der Waals surface area contributed by atoms with Crippen molar-refractivity contribution in [3.63, 3.8) is 0 Å². The molecule has 25 heavy (non-hydrogen) atoms. The van der Waals surface area contributed by atoms with Gasteiger partial charge >= 0.3 is 0 Å². The number of para-hydroxylation sites is 2. The molecule has 5 nitrogen and oxygen atoms in total. The molecular formula is C20H22N4O. The maximum absolute atomic E-state index is 5.39. The minimum absolute atomic E-state index is 0.629. The average molecular weight is 334 g/mol. The Morgan fingerprint density at radius 3 is 2.44 bits per heavy atom. The van der Waals surface area contributed by atoms with Crippen LogP contribution in [-0.4, -0.2) is 17.1 Å². The fourth-order valence-corrected chi connectivity index (χ4v) is 2.61. The first-order valence-corrected chi connectivity index (χ1v) is 8.20. The molecule has 3 aromatic rings. The molecule has 0 aliphatic carbocycles. The summed E-state index contributed by atoms with van der Waals surface area (Å²) < 4.78 is 5.39. The molecule has 0 aliphatic rings. The Kier molecular flexibility index (Phi) is 5.14. The molecule has 0 bridgehead atoms. The lowest BCUT2D eigenvalue weighted by atomic mass is 10.2. The molecule has 0 radical (unpaired) electrons. The van der Waals surface area contributed by atoms with Crippen molar-refractivity contribution in [3.05, 3.63) is 71.5 Å². The quantitative estimate of drug-likeness (QED) is 0.697. The fraction of sp³-hybridized carbons (Fsp3) is 0.200. The molecule has 2 N–H and O–H groups in total. The second-order valence-electron chi connectivity index (χ2n) is 5.79. The molecule has 0 aliphatic heterocycles. The van der Waals surface area contributed by atoms with E-state index in [-0.39, 0.29) is 0 Å². The van der Waals surface area contributed by atoms with E-state index in [1.54, 1.807) is 7.11 Å². The number of anilines is 3. The second-order valence-corrected chi connectivity index (χ2v) is 5.79. The number of benzene rings is 2. The van der Waals surface area contributed by atoms with Crippen LogP contribution in [0.2, 0.25) is 0 Å². The number of aryl methyl sites for hydroxylation is 2. The lowest BCUT2D eigenvalue weighted by Gasteiger charge is -2.13. The van der Waals surface area contributed by atoms with Gasteiger partial charge in [-0.3, -0.25) is 0 Å². The third-order valence-electron chi connectivity index (χ3n) is 3.90. The predicted molar refractivity (Wildman–Crippen MR) is 102 cm³/mol. The van der Waals surface area contributed by atoms with E-state index in [0.29, 0.717) is 12.4 Å². The van der Waals surface area contributed by atoms with Gasteiger partial charge in [-0.15, -0.1) is 0 Å². The zero-order valence-corrected chi connectivity index (χ0v) is 14.7. The number of aromatic nitrogens is 2. The highest BCUT2D eigenvalue weighted by Crippen LogP contribution is 2.22. The molecule has 0 saturated heterocycles. The van der Waals surface area contributed by atoms with E-state index in [1.807, 2.05) is 55.5 Å². The highest BCUT2D eigenvalue weighted by atomic mass is 16.5. The smallest absolute Gasteiger partial charge is 0.136 e. The van der Waals surface area contributed by atoms with Crippen molar-refractivity contribution in [2.75, 3.05) is 17.7 Å². The molecule has 5 heteroatoms. The van der Waals surface area contributed by atoms with Crippen molar-refractivity contribution >= 4 is 17.3 Å². The van der Waals surface area contributed by atoms with E-state index in [1.165, 1.54) is 5.56 Å². The molecule has 0 fully saturated rings. The topological polar surface area (TPSA) is 59.1 Å². The van der Waals surface area contributed by atoms with E-state index in [9.17, 15) is 0 Å². The standard InChI is InChI=1S/C20H22N4O/c1-14-8-4-6-10-17(14)24-20-12-19(22-15(2)23-20)21-13-16-9-5-7-11-18(16)25-3/h4-12H,13H2,1-3H3,(H2,21,22,23,24). The van der Waals surface area contributed by atoms with Gasteiger partial charge in [0, 0.05) is 23.9 Å². The Morgan fingerprint density at radius 2 is 1.64 bits per heavy atom. The summed E-state index contributed by atoms with van der Waals surface area (Å²) in [5.74, 6) is 3.11. The summed E-state index contributed by atoms with van der Waals surface area (Å²) in [4.78, 5) is 8.94. The van der Waals surface area contributed by atoms with Crippen LogP contribution in [-0.2, 0) is 6.54 Å². The summed E-state index contributed by atoms with van der Waals surface area (Å²) in [6.07, 6.45) is 0. The summed E-state index contributed by atoms with van der Waals surface area (Å²) in [5.41, 5.74) is 3.29. The van der Waals surface area contributed by atoms with Gasteiger partial charge in [-0.25, -0.2) is 9.97 Å². The van der Waals surface area contributed by atoms with Crippen LogP contribution in [0.25, 0.3) is 0 Å². The minimum Gasteiger partial charge on any atom is -0.496 e. The van der Waals surface area contributed by atoms with Crippen LogP contribution in [0.4, 0.5) is 17.3 Å². The van der Waals surface area contributed by atoms with E-state index in [2.05, 4.69) is 33.6 Å². The number of nitrogens with one attached hydrogen (secondary N) is 2. The number of nitrogens with zero attached hydrogens (tertiary/aromatic N) is 2. The maximum atomic E-state index is 5.39. The van der Waals surface area contributed by atoms with Crippen LogP contribution in [0.1, 0.15) is 17.0 Å². The third kappa shape index (κ3) is 4.26.